The summed E-state index contributed by atoms with van der Waals surface area (Å²) in [4.78, 5) is 50.4. The first-order valence-electron chi connectivity index (χ1n) is 14.7. The van der Waals surface area contributed by atoms with Crippen LogP contribution in [-0.2, 0) is 44.9 Å². The molecule has 0 bridgehead atoms. The molecule has 12 nitrogen and oxygen atoms in total. The van der Waals surface area contributed by atoms with Crippen molar-refractivity contribution in [3.63, 3.8) is 0 Å². The van der Waals surface area contributed by atoms with Crippen molar-refractivity contribution in [1.82, 2.24) is 10.2 Å². The van der Waals surface area contributed by atoms with Crippen molar-refractivity contribution in [3.8, 4) is 0 Å². The normalized spacial score (nSPS) is 13.6. The van der Waals surface area contributed by atoms with Gasteiger partial charge in [0.2, 0.25) is 5.91 Å². The van der Waals surface area contributed by atoms with Crippen LogP contribution in [0.2, 0.25) is 0 Å². The molecule has 244 valence electrons. The second-order valence-electron chi connectivity index (χ2n) is 12.0. The number of aryl methyl sites for hydroxylation is 1. The van der Waals surface area contributed by atoms with Crippen molar-refractivity contribution in [2.24, 2.45) is 0 Å². The summed E-state index contributed by atoms with van der Waals surface area (Å²) >= 11 is -2.55. The zero-order chi connectivity index (χ0) is 33.6. The van der Waals surface area contributed by atoms with Crippen molar-refractivity contribution < 1.29 is 37.8 Å². The summed E-state index contributed by atoms with van der Waals surface area (Å²) in [5.41, 5.74) is 3.38. The zero-order valence-corrected chi connectivity index (χ0v) is 26.9. The highest BCUT2D eigenvalue weighted by Gasteiger charge is 2.23. The summed E-state index contributed by atoms with van der Waals surface area (Å²) in [6, 6.07) is 15.6. The lowest BCUT2D eigenvalue weighted by Gasteiger charge is -2.25. The maximum atomic E-state index is 12.7. The van der Waals surface area contributed by atoms with Crippen LogP contribution in [0.1, 0.15) is 72.3 Å². The minimum atomic E-state index is -2.55. The van der Waals surface area contributed by atoms with E-state index in [0.29, 0.717) is 47.5 Å². The van der Waals surface area contributed by atoms with Gasteiger partial charge in [-0.25, -0.2) is 9.59 Å². The van der Waals surface area contributed by atoms with Crippen molar-refractivity contribution in [1.29, 1.82) is 0 Å². The molecule has 2 atom stereocenters. The number of benzene rings is 3. The Morgan fingerprint density at radius 3 is 2.41 bits per heavy atom. The average molecular weight is 650 g/mol. The number of carboxylic acids is 1. The van der Waals surface area contributed by atoms with Crippen LogP contribution in [0, 0.1) is 0 Å². The Labute approximate surface area is 269 Å². The summed E-state index contributed by atoms with van der Waals surface area (Å²) < 4.78 is 28.9. The lowest BCUT2D eigenvalue weighted by molar-refractivity contribution is -0.138. The van der Waals surface area contributed by atoms with E-state index in [1.807, 2.05) is 12.1 Å². The van der Waals surface area contributed by atoms with E-state index in [1.54, 1.807) is 51.1 Å². The van der Waals surface area contributed by atoms with Gasteiger partial charge in [-0.3, -0.25) is 13.8 Å². The van der Waals surface area contributed by atoms with Crippen LogP contribution < -0.4 is 16.0 Å². The SMILES string of the molecule is CN(Cc1cc(NC(=O)CCCc2ccc(C(Nc3ccc4c(c3)C(=O)NC4)C(=O)O)cc2)ccc1S(=O)[O-])C(=O)OC(C)(C)C. The Hall–Kier alpha value is -4.75. The third-order valence-corrected chi connectivity index (χ3v) is 7.93. The smallest absolute Gasteiger partial charge is 0.410 e. The van der Waals surface area contributed by atoms with Crippen molar-refractivity contribution in [3.05, 3.63) is 88.5 Å². The molecular formula is C33H37N4O8S-. The number of carboxylic acid groups (broad SMARTS) is 1. The Morgan fingerprint density at radius 1 is 1.07 bits per heavy atom. The Balaban J connectivity index is 1.32. The predicted octanol–water partition coefficient (Wildman–Crippen LogP) is 4.73. The topological polar surface area (TPSA) is 177 Å². The van der Waals surface area contributed by atoms with Gasteiger partial charge in [-0.15, -0.1) is 0 Å². The molecule has 3 aromatic rings. The number of aliphatic carboxylic acids is 1. The van der Waals surface area contributed by atoms with E-state index in [4.69, 9.17) is 4.74 Å². The Kier molecular flexibility index (Phi) is 10.8. The van der Waals surface area contributed by atoms with E-state index in [9.17, 15) is 33.0 Å². The van der Waals surface area contributed by atoms with E-state index >= 15 is 0 Å². The van der Waals surface area contributed by atoms with Gasteiger partial charge in [-0.2, -0.15) is 0 Å². The molecule has 1 aliphatic rings. The van der Waals surface area contributed by atoms with Crippen LogP contribution >= 0.6 is 0 Å². The van der Waals surface area contributed by atoms with Gasteiger partial charge in [-0.1, -0.05) is 30.3 Å². The molecule has 1 heterocycles. The number of nitrogens with one attached hydrogen (secondary N) is 3. The summed E-state index contributed by atoms with van der Waals surface area (Å²) in [6.45, 7) is 5.61. The van der Waals surface area contributed by atoms with E-state index in [1.165, 1.54) is 30.1 Å². The Bertz CT molecular complexity index is 1650. The third-order valence-electron chi connectivity index (χ3n) is 7.17. The van der Waals surface area contributed by atoms with Gasteiger partial charge in [-0.05, 0) is 97.3 Å². The summed E-state index contributed by atoms with van der Waals surface area (Å²) in [6.07, 6.45) is 0.663. The van der Waals surface area contributed by atoms with E-state index in [2.05, 4.69) is 16.0 Å². The number of carbonyl (C=O) groups excluding carboxylic acids is 3. The number of fused-ring (bicyclic) bond motifs is 1. The van der Waals surface area contributed by atoms with E-state index < -0.39 is 34.8 Å². The maximum absolute atomic E-state index is 12.7. The number of hydrogen-bond donors (Lipinski definition) is 4. The number of ether oxygens (including phenoxy) is 1. The molecule has 46 heavy (non-hydrogen) atoms. The monoisotopic (exact) mass is 649 g/mol. The molecule has 4 N–H and O–H groups in total. The van der Waals surface area contributed by atoms with Gasteiger partial charge < -0.3 is 35.2 Å². The quantitative estimate of drug-likeness (QED) is 0.202. The summed E-state index contributed by atoms with van der Waals surface area (Å²) in [5, 5.41) is 18.4. The minimum Gasteiger partial charge on any atom is -0.768 e. The third kappa shape index (κ3) is 9.14. The molecule has 3 aromatic carbocycles. The minimum absolute atomic E-state index is 0.0110. The van der Waals surface area contributed by atoms with Gasteiger partial charge in [0.1, 0.15) is 5.60 Å². The molecule has 0 aliphatic carbocycles. The fraction of sp³-hybridized carbons (Fsp3) is 0.333. The molecule has 0 saturated carbocycles. The molecule has 2 unspecified atom stereocenters. The van der Waals surface area contributed by atoms with Gasteiger partial charge in [0, 0.05) is 48.4 Å². The van der Waals surface area contributed by atoms with E-state index in [0.717, 1.165) is 11.1 Å². The van der Waals surface area contributed by atoms with Crippen molar-refractivity contribution in [2.45, 2.75) is 69.7 Å². The van der Waals surface area contributed by atoms with Crippen molar-refractivity contribution >= 4 is 46.3 Å². The molecular weight excluding hydrogens is 612 g/mol. The number of hydrogen-bond acceptors (Lipinski definition) is 8. The van der Waals surface area contributed by atoms with Crippen LogP contribution in [0.3, 0.4) is 0 Å². The molecule has 0 radical (unpaired) electrons. The van der Waals surface area contributed by atoms with Crippen LogP contribution in [0.25, 0.3) is 0 Å². The van der Waals surface area contributed by atoms with Crippen LogP contribution in [-0.4, -0.2) is 55.3 Å². The second kappa shape index (κ2) is 14.6. The van der Waals surface area contributed by atoms with Gasteiger partial charge in [0.25, 0.3) is 5.91 Å². The van der Waals surface area contributed by atoms with E-state index in [-0.39, 0.29) is 29.7 Å². The average Bonchev–Trinajstić information content (AvgIpc) is 3.35. The largest absolute Gasteiger partial charge is 0.768 e. The molecule has 0 aromatic heterocycles. The standard InChI is InChI=1S/C33H38N4O8S/c1-33(2,3)45-32(42)37(4)19-23-16-24(14-15-27(23)46(43)44)35-28(38)7-5-6-20-8-10-21(11-9-20)29(31(40)41)36-25-13-12-22-18-34-30(39)26(22)17-25/h8-17,29,36H,5-7,18-19H2,1-4H3,(H,34,39)(H,35,38)(H,40,41)(H,43,44)/p-1. The Morgan fingerprint density at radius 2 is 1.76 bits per heavy atom. The fourth-order valence-corrected chi connectivity index (χ4v) is 5.43. The van der Waals surface area contributed by atoms with Gasteiger partial charge >= 0.3 is 12.1 Å². The highest BCUT2D eigenvalue weighted by molar-refractivity contribution is 7.79. The number of carbonyl (C=O) groups is 4. The summed E-state index contributed by atoms with van der Waals surface area (Å²) in [7, 11) is 1.50. The number of rotatable bonds is 12. The molecule has 0 saturated heterocycles. The summed E-state index contributed by atoms with van der Waals surface area (Å²) in [5.74, 6) is -1.52. The predicted molar refractivity (Wildman–Crippen MR) is 171 cm³/mol. The van der Waals surface area contributed by atoms with Crippen LogP contribution in [0.4, 0.5) is 16.2 Å². The highest BCUT2D eigenvalue weighted by atomic mass is 32.2. The lowest BCUT2D eigenvalue weighted by atomic mass is 10.0. The van der Waals surface area contributed by atoms with Crippen molar-refractivity contribution in [2.75, 3.05) is 17.7 Å². The highest BCUT2D eigenvalue weighted by Crippen LogP contribution is 2.26. The first-order valence-corrected chi connectivity index (χ1v) is 15.7. The first kappa shape index (κ1) is 34.1. The van der Waals surface area contributed by atoms with Gasteiger partial charge in [0.05, 0.1) is 0 Å². The lowest BCUT2D eigenvalue weighted by Crippen LogP contribution is -2.34. The first-order chi connectivity index (χ1) is 21.7. The fourth-order valence-electron chi connectivity index (χ4n) is 4.91. The number of anilines is 2. The van der Waals surface area contributed by atoms with Crippen LogP contribution in [0.5, 0.6) is 0 Å². The molecule has 0 fully saturated rings. The van der Waals surface area contributed by atoms with Gasteiger partial charge in [0.15, 0.2) is 6.04 Å². The molecule has 0 spiro atoms. The molecule has 3 amide bonds. The second-order valence-corrected chi connectivity index (χ2v) is 12.9. The number of amides is 3. The molecule has 4 rings (SSSR count). The number of nitrogens with zero attached hydrogens (tertiary/aromatic N) is 1. The zero-order valence-electron chi connectivity index (χ0n) is 26.0. The van der Waals surface area contributed by atoms with Crippen LogP contribution in [0.15, 0.2) is 65.6 Å². The molecule has 1 aliphatic heterocycles. The maximum Gasteiger partial charge on any atom is 0.410 e. The molecule has 13 heteroatoms.